The van der Waals surface area contributed by atoms with Gasteiger partial charge in [0.1, 0.15) is 5.75 Å². The molecule has 0 unspecified atom stereocenters. The zero-order valence-corrected chi connectivity index (χ0v) is 17.9. The lowest BCUT2D eigenvalue weighted by Crippen LogP contribution is -2.53. The normalized spacial score (nSPS) is 24.9. The van der Waals surface area contributed by atoms with Gasteiger partial charge in [0.15, 0.2) is 0 Å². The predicted molar refractivity (Wildman–Crippen MR) is 115 cm³/mol. The highest BCUT2D eigenvalue weighted by Gasteiger charge is 2.44. The summed E-state index contributed by atoms with van der Waals surface area (Å²) >= 11 is 4.10. The van der Waals surface area contributed by atoms with Crippen LogP contribution in [0, 0.1) is 5.41 Å². The first kappa shape index (κ1) is 20.9. The van der Waals surface area contributed by atoms with E-state index in [0.29, 0.717) is 25.7 Å². The maximum atomic E-state index is 12.9. The number of ether oxygens (including phenoxy) is 2. The third-order valence-corrected chi connectivity index (χ3v) is 7.90. The first-order chi connectivity index (χ1) is 13.2. The van der Waals surface area contributed by atoms with Gasteiger partial charge in [-0.1, -0.05) is 18.2 Å². The zero-order chi connectivity index (χ0) is 19.0. The van der Waals surface area contributed by atoms with Crippen molar-refractivity contribution in [1.29, 1.82) is 0 Å². The molecule has 2 aliphatic rings. The average Bonchev–Trinajstić information content (AvgIpc) is 2.99. The Bertz CT molecular complexity index is 578. The SMILES string of the molecule is CCOC(=O)[C@@]1(CCOc2ccccc2)CCCN(C2CSCCSC2)C1. The van der Waals surface area contributed by atoms with Gasteiger partial charge in [0.05, 0.1) is 18.6 Å². The molecule has 0 aliphatic carbocycles. The fourth-order valence-corrected chi connectivity index (χ4v) is 6.56. The van der Waals surface area contributed by atoms with E-state index >= 15 is 0 Å². The van der Waals surface area contributed by atoms with Crippen LogP contribution in [0.1, 0.15) is 26.2 Å². The number of carbonyl (C=O) groups is 1. The van der Waals surface area contributed by atoms with Crippen molar-refractivity contribution in [3.8, 4) is 5.75 Å². The van der Waals surface area contributed by atoms with Crippen molar-refractivity contribution in [2.75, 3.05) is 49.3 Å². The standard InChI is InChI=1S/C21H31NO3S2/c1-2-24-20(23)21(10-12-25-19-7-4-3-5-8-19)9-6-11-22(17-21)18-15-26-13-14-27-16-18/h3-5,7-8,18H,2,6,9-17H2,1H3/t21-/m1/s1. The molecule has 0 radical (unpaired) electrons. The molecule has 1 atom stereocenters. The summed E-state index contributed by atoms with van der Waals surface area (Å²) < 4.78 is 11.4. The molecule has 1 aromatic rings. The Morgan fingerprint density at radius 2 is 1.96 bits per heavy atom. The molecule has 2 heterocycles. The number of para-hydroxylation sites is 1. The molecule has 3 rings (SSSR count). The molecule has 2 saturated heterocycles. The van der Waals surface area contributed by atoms with Gasteiger partial charge in [-0.15, -0.1) is 0 Å². The number of piperidine rings is 1. The molecule has 0 aromatic heterocycles. The van der Waals surface area contributed by atoms with Gasteiger partial charge in [-0.05, 0) is 44.9 Å². The van der Waals surface area contributed by atoms with Crippen LogP contribution in [0.5, 0.6) is 5.75 Å². The van der Waals surface area contributed by atoms with E-state index in [1.165, 1.54) is 23.0 Å². The van der Waals surface area contributed by atoms with Crippen LogP contribution in [0.4, 0.5) is 0 Å². The van der Waals surface area contributed by atoms with Crippen LogP contribution in [0.2, 0.25) is 0 Å². The minimum atomic E-state index is -0.440. The lowest BCUT2D eigenvalue weighted by atomic mass is 9.77. The lowest BCUT2D eigenvalue weighted by molar-refractivity contribution is -0.160. The van der Waals surface area contributed by atoms with E-state index in [4.69, 9.17) is 9.47 Å². The van der Waals surface area contributed by atoms with E-state index in [-0.39, 0.29) is 5.97 Å². The molecule has 0 saturated carbocycles. The van der Waals surface area contributed by atoms with Crippen LogP contribution < -0.4 is 4.74 Å². The molecule has 2 aliphatic heterocycles. The summed E-state index contributed by atoms with van der Waals surface area (Å²) in [5, 5.41) is 0. The van der Waals surface area contributed by atoms with Gasteiger partial charge in [-0.3, -0.25) is 9.69 Å². The molecule has 4 nitrogen and oxygen atoms in total. The van der Waals surface area contributed by atoms with Gasteiger partial charge in [0, 0.05) is 35.6 Å². The van der Waals surface area contributed by atoms with Crippen molar-refractivity contribution in [3.63, 3.8) is 0 Å². The summed E-state index contributed by atoms with van der Waals surface area (Å²) in [6.45, 7) is 4.77. The van der Waals surface area contributed by atoms with Crippen molar-refractivity contribution in [3.05, 3.63) is 30.3 Å². The molecular weight excluding hydrogens is 378 g/mol. The molecule has 0 bridgehead atoms. The van der Waals surface area contributed by atoms with Gasteiger partial charge >= 0.3 is 5.97 Å². The predicted octanol–water partition coefficient (Wildman–Crippen LogP) is 3.95. The van der Waals surface area contributed by atoms with E-state index in [1.54, 1.807) is 0 Å². The van der Waals surface area contributed by atoms with Gasteiger partial charge in [-0.25, -0.2) is 0 Å². The molecule has 0 amide bonds. The molecule has 150 valence electrons. The molecule has 0 N–H and O–H groups in total. The first-order valence-electron chi connectivity index (χ1n) is 9.98. The Morgan fingerprint density at radius 1 is 1.22 bits per heavy atom. The summed E-state index contributed by atoms with van der Waals surface area (Å²) in [5.41, 5.74) is -0.440. The van der Waals surface area contributed by atoms with E-state index in [9.17, 15) is 4.79 Å². The second-order valence-electron chi connectivity index (χ2n) is 7.29. The zero-order valence-electron chi connectivity index (χ0n) is 16.2. The highest BCUT2D eigenvalue weighted by atomic mass is 32.2. The number of likely N-dealkylation sites (tertiary alicyclic amines) is 1. The van der Waals surface area contributed by atoms with Crippen molar-refractivity contribution in [1.82, 2.24) is 4.90 Å². The van der Waals surface area contributed by atoms with Gasteiger partial charge in [0.25, 0.3) is 0 Å². The second-order valence-corrected chi connectivity index (χ2v) is 9.59. The van der Waals surface area contributed by atoms with Crippen LogP contribution in [-0.4, -0.2) is 66.2 Å². The average molecular weight is 410 g/mol. The molecule has 1 aromatic carbocycles. The first-order valence-corrected chi connectivity index (χ1v) is 12.3. The van der Waals surface area contributed by atoms with E-state index in [2.05, 4.69) is 4.90 Å². The maximum absolute atomic E-state index is 12.9. The molecule has 0 spiro atoms. The maximum Gasteiger partial charge on any atom is 0.313 e. The third kappa shape index (κ3) is 5.81. The summed E-state index contributed by atoms with van der Waals surface area (Å²) in [4.78, 5) is 15.5. The minimum Gasteiger partial charge on any atom is -0.494 e. The number of carbonyl (C=O) groups excluding carboxylic acids is 1. The molecule has 6 heteroatoms. The minimum absolute atomic E-state index is 0.0414. The largest absolute Gasteiger partial charge is 0.494 e. The van der Waals surface area contributed by atoms with Crippen molar-refractivity contribution < 1.29 is 14.3 Å². The second kappa shape index (κ2) is 10.6. The van der Waals surface area contributed by atoms with E-state index in [1.807, 2.05) is 60.8 Å². The Morgan fingerprint density at radius 3 is 2.67 bits per heavy atom. The van der Waals surface area contributed by atoms with Gasteiger partial charge < -0.3 is 9.47 Å². The number of esters is 1. The van der Waals surface area contributed by atoms with Crippen molar-refractivity contribution in [2.24, 2.45) is 5.41 Å². The summed E-state index contributed by atoms with van der Waals surface area (Å²) in [6, 6.07) is 10.4. The third-order valence-electron chi connectivity index (χ3n) is 5.42. The highest BCUT2D eigenvalue weighted by Crippen LogP contribution is 2.37. The van der Waals surface area contributed by atoms with Crippen LogP contribution in [0.3, 0.4) is 0 Å². The van der Waals surface area contributed by atoms with Crippen LogP contribution in [0.15, 0.2) is 30.3 Å². The van der Waals surface area contributed by atoms with E-state index < -0.39 is 5.41 Å². The molecular formula is C21H31NO3S2. The van der Waals surface area contributed by atoms with Crippen LogP contribution >= 0.6 is 23.5 Å². The number of rotatable bonds is 7. The van der Waals surface area contributed by atoms with Gasteiger partial charge in [0.2, 0.25) is 0 Å². The summed E-state index contributed by atoms with van der Waals surface area (Å²) in [6.07, 6.45) is 2.66. The Kier molecular flexibility index (Phi) is 8.22. The number of hydrogen-bond acceptors (Lipinski definition) is 6. The van der Waals surface area contributed by atoms with E-state index in [0.717, 1.165) is 31.7 Å². The fraction of sp³-hybridized carbons (Fsp3) is 0.667. The molecule has 27 heavy (non-hydrogen) atoms. The summed E-state index contributed by atoms with van der Waals surface area (Å²) in [7, 11) is 0. The number of benzene rings is 1. The van der Waals surface area contributed by atoms with Crippen LogP contribution in [0.25, 0.3) is 0 Å². The quantitative estimate of drug-likeness (QED) is 0.635. The van der Waals surface area contributed by atoms with Gasteiger partial charge in [-0.2, -0.15) is 23.5 Å². The number of nitrogens with zero attached hydrogens (tertiary/aromatic N) is 1. The summed E-state index contributed by atoms with van der Waals surface area (Å²) in [5.74, 6) is 5.64. The monoisotopic (exact) mass is 409 g/mol. The van der Waals surface area contributed by atoms with Crippen LogP contribution in [-0.2, 0) is 9.53 Å². The lowest BCUT2D eigenvalue weighted by Gasteiger charge is -2.44. The van der Waals surface area contributed by atoms with Crippen molar-refractivity contribution >= 4 is 29.5 Å². The Labute approximate surface area is 171 Å². The fourth-order valence-electron chi connectivity index (χ4n) is 3.93. The smallest absolute Gasteiger partial charge is 0.313 e. The topological polar surface area (TPSA) is 38.8 Å². The Hall–Kier alpha value is -0.850. The molecule has 2 fully saturated rings. The van der Waals surface area contributed by atoms with Crippen molar-refractivity contribution in [2.45, 2.75) is 32.2 Å². The number of thioether (sulfide) groups is 2. The Balaban J connectivity index is 1.66. The number of hydrogen-bond donors (Lipinski definition) is 0. The highest BCUT2D eigenvalue weighted by molar-refractivity contribution is 8.03.